The molecule has 0 aromatic heterocycles. The van der Waals surface area contributed by atoms with Crippen LogP contribution in [0.5, 0.6) is 0 Å². The van der Waals surface area contributed by atoms with Gasteiger partial charge in [0.1, 0.15) is 6.23 Å². The molecule has 136 valence electrons. The zero-order valence-corrected chi connectivity index (χ0v) is 16.2. The van der Waals surface area contributed by atoms with Crippen LogP contribution in [0, 0.1) is 11.3 Å². The highest BCUT2D eigenvalue weighted by atomic mass is 16.5. The summed E-state index contributed by atoms with van der Waals surface area (Å²) < 4.78 is 6.41. The summed E-state index contributed by atoms with van der Waals surface area (Å²) in [4.78, 5) is 0. The fraction of sp³-hybridized carbons (Fsp3) is 1.00. The van der Waals surface area contributed by atoms with Crippen molar-refractivity contribution >= 4 is 0 Å². The zero-order valence-electron chi connectivity index (χ0n) is 16.2. The Morgan fingerprint density at radius 3 is 2.48 bits per heavy atom. The van der Waals surface area contributed by atoms with Gasteiger partial charge in [-0.2, -0.15) is 0 Å². The number of unbranched alkanes of at least 4 members (excludes halogenated alkanes) is 3. The molecule has 0 amide bonds. The second kappa shape index (κ2) is 9.42. The van der Waals surface area contributed by atoms with Gasteiger partial charge < -0.3 is 4.74 Å². The van der Waals surface area contributed by atoms with E-state index in [9.17, 15) is 0 Å². The first kappa shape index (κ1) is 19.2. The summed E-state index contributed by atoms with van der Waals surface area (Å²) in [6.45, 7) is 9.58. The van der Waals surface area contributed by atoms with Crippen molar-refractivity contribution in [3.05, 3.63) is 0 Å². The molecule has 2 rings (SSSR count). The third-order valence-electron chi connectivity index (χ3n) is 5.97. The molecular weight excluding hydrogens is 282 g/mol. The molecule has 2 fully saturated rings. The van der Waals surface area contributed by atoms with E-state index in [2.05, 4.69) is 33.0 Å². The fourth-order valence-electron chi connectivity index (χ4n) is 4.56. The van der Waals surface area contributed by atoms with Crippen LogP contribution in [-0.2, 0) is 4.74 Å². The molecule has 1 saturated carbocycles. The van der Waals surface area contributed by atoms with Crippen LogP contribution in [0.25, 0.3) is 0 Å². The van der Waals surface area contributed by atoms with Gasteiger partial charge in [-0.15, -0.1) is 0 Å². The first-order valence-electron chi connectivity index (χ1n) is 10.4. The van der Waals surface area contributed by atoms with Gasteiger partial charge in [0.2, 0.25) is 0 Å². The molecule has 0 radical (unpaired) electrons. The van der Waals surface area contributed by atoms with Crippen molar-refractivity contribution in [2.45, 2.75) is 123 Å². The third kappa shape index (κ3) is 6.74. The maximum atomic E-state index is 6.41. The van der Waals surface area contributed by atoms with E-state index < -0.39 is 0 Å². The SMILES string of the molecule is CCCCCCC(C)(C)CC1CC(C)C(OC2CCCCC2)N1. The molecule has 2 aliphatic rings. The summed E-state index contributed by atoms with van der Waals surface area (Å²) in [5.74, 6) is 0.665. The molecule has 3 unspecified atom stereocenters. The third-order valence-corrected chi connectivity index (χ3v) is 5.97. The summed E-state index contributed by atoms with van der Waals surface area (Å²) in [6.07, 6.45) is 17.0. The molecule has 23 heavy (non-hydrogen) atoms. The molecule has 2 nitrogen and oxygen atoms in total. The van der Waals surface area contributed by atoms with Crippen LogP contribution in [0.1, 0.15) is 105 Å². The van der Waals surface area contributed by atoms with Gasteiger partial charge in [-0.05, 0) is 43.4 Å². The molecule has 1 N–H and O–H groups in total. The number of hydrogen-bond acceptors (Lipinski definition) is 2. The van der Waals surface area contributed by atoms with E-state index in [-0.39, 0.29) is 0 Å². The van der Waals surface area contributed by atoms with Crippen molar-refractivity contribution in [2.75, 3.05) is 0 Å². The number of ether oxygens (including phenoxy) is 1. The lowest BCUT2D eigenvalue weighted by Crippen LogP contribution is -2.38. The average molecular weight is 324 g/mol. The van der Waals surface area contributed by atoms with Crippen LogP contribution in [0.3, 0.4) is 0 Å². The lowest BCUT2D eigenvalue weighted by atomic mass is 9.80. The van der Waals surface area contributed by atoms with Gasteiger partial charge in [-0.3, -0.25) is 5.32 Å². The molecule has 1 heterocycles. The Hall–Kier alpha value is -0.0800. The first-order valence-corrected chi connectivity index (χ1v) is 10.4. The van der Waals surface area contributed by atoms with Crippen LogP contribution in [0.2, 0.25) is 0 Å². The zero-order chi connectivity index (χ0) is 16.7. The number of rotatable bonds is 9. The Balaban J connectivity index is 1.71. The molecule has 0 aromatic rings. The molecule has 2 heteroatoms. The minimum atomic E-state index is 0.305. The van der Waals surface area contributed by atoms with Gasteiger partial charge in [0, 0.05) is 6.04 Å². The van der Waals surface area contributed by atoms with Crippen LogP contribution in [0.15, 0.2) is 0 Å². The summed E-state index contributed by atoms with van der Waals surface area (Å²) >= 11 is 0. The van der Waals surface area contributed by atoms with E-state index in [1.54, 1.807) is 0 Å². The highest BCUT2D eigenvalue weighted by molar-refractivity contribution is 4.88. The van der Waals surface area contributed by atoms with Crippen LogP contribution in [-0.4, -0.2) is 18.4 Å². The minimum absolute atomic E-state index is 0.305. The van der Waals surface area contributed by atoms with E-state index >= 15 is 0 Å². The van der Waals surface area contributed by atoms with Crippen LogP contribution >= 0.6 is 0 Å². The standard InChI is InChI=1S/C21H41NO/c1-5-6-7-11-14-21(3,4)16-18-15-17(2)20(22-18)23-19-12-9-8-10-13-19/h17-20,22H,5-16H2,1-4H3. The van der Waals surface area contributed by atoms with Crippen LogP contribution < -0.4 is 5.32 Å². The largest absolute Gasteiger partial charge is 0.360 e. The predicted molar refractivity (Wildman–Crippen MR) is 99.6 cm³/mol. The molecular formula is C21H41NO. The molecule has 3 atom stereocenters. The first-order chi connectivity index (χ1) is 11.0. The monoisotopic (exact) mass is 323 g/mol. The maximum Gasteiger partial charge on any atom is 0.111 e. The summed E-state index contributed by atoms with van der Waals surface area (Å²) in [6, 6.07) is 0.653. The van der Waals surface area contributed by atoms with Gasteiger partial charge in [-0.25, -0.2) is 0 Å². The van der Waals surface area contributed by atoms with Crippen molar-refractivity contribution in [2.24, 2.45) is 11.3 Å². The van der Waals surface area contributed by atoms with E-state index in [1.807, 2.05) is 0 Å². The topological polar surface area (TPSA) is 21.3 Å². The molecule has 1 aliphatic heterocycles. The van der Waals surface area contributed by atoms with Crippen molar-refractivity contribution in [3.8, 4) is 0 Å². The van der Waals surface area contributed by atoms with E-state index in [1.165, 1.54) is 77.0 Å². The molecule has 1 saturated heterocycles. The van der Waals surface area contributed by atoms with E-state index in [0.717, 1.165) is 0 Å². The predicted octanol–water partition coefficient (Wildman–Crippen LogP) is 6.05. The quantitative estimate of drug-likeness (QED) is 0.522. The highest BCUT2D eigenvalue weighted by Gasteiger charge is 2.35. The summed E-state index contributed by atoms with van der Waals surface area (Å²) in [5, 5.41) is 3.82. The maximum absolute atomic E-state index is 6.41. The van der Waals surface area contributed by atoms with Crippen molar-refractivity contribution < 1.29 is 4.74 Å². The van der Waals surface area contributed by atoms with Gasteiger partial charge in [0.25, 0.3) is 0 Å². The van der Waals surface area contributed by atoms with Crippen molar-refractivity contribution in [1.82, 2.24) is 5.32 Å². The Labute approximate surface area is 145 Å². The Morgan fingerprint density at radius 2 is 1.78 bits per heavy atom. The molecule has 0 bridgehead atoms. The summed E-state index contributed by atoms with van der Waals surface area (Å²) in [7, 11) is 0. The minimum Gasteiger partial charge on any atom is -0.360 e. The Morgan fingerprint density at radius 1 is 1.04 bits per heavy atom. The van der Waals surface area contributed by atoms with Gasteiger partial charge in [0.15, 0.2) is 0 Å². The van der Waals surface area contributed by atoms with E-state index in [4.69, 9.17) is 4.74 Å². The second-order valence-corrected chi connectivity index (χ2v) is 9.07. The Kier molecular flexibility index (Phi) is 7.88. The normalized spacial score (nSPS) is 30.0. The average Bonchev–Trinajstić information content (AvgIpc) is 2.83. The van der Waals surface area contributed by atoms with E-state index in [0.29, 0.717) is 29.7 Å². The number of nitrogens with one attached hydrogen (secondary N) is 1. The molecule has 0 spiro atoms. The van der Waals surface area contributed by atoms with Gasteiger partial charge >= 0.3 is 0 Å². The van der Waals surface area contributed by atoms with Crippen LogP contribution in [0.4, 0.5) is 0 Å². The fourth-order valence-corrected chi connectivity index (χ4v) is 4.56. The van der Waals surface area contributed by atoms with Crippen molar-refractivity contribution in [3.63, 3.8) is 0 Å². The summed E-state index contributed by atoms with van der Waals surface area (Å²) in [5.41, 5.74) is 0.463. The highest BCUT2D eigenvalue weighted by Crippen LogP contribution is 2.35. The molecule has 0 aromatic carbocycles. The smallest absolute Gasteiger partial charge is 0.111 e. The lowest BCUT2D eigenvalue weighted by Gasteiger charge is -2.30. The lowest BCUT2D eigenvalue weighted by molar-refractivity contribution is -0.0559. The van der Waals surface area contributed by atoms with Crippen molar-refractivity contribution in [1.29, 1.82) is 0 Å². The number of hydrogen-bond donors (Lipinski definition) is 1. The molecule has 1 aliphatic carbocycles. The van der Waals surface area contributed by atoms with Gasteiger partial charge in [-0.1, -0.05) is 72.6 Å². The Bertz CT molecular complexity index is 322. The van der Waals surface area contributed by atoms with Gasteiger partial charge in [0.05, 0.1) is 6.10 Å². The second-order valence-electron chi connectivity index (χ2n) is 9.07.